The summed E-state index contributed by atoms with van der Waals surface area (Å²) >= 11 is 5.55. The third-order valence-electron chi connectivity index (χ3n) is 2.08. The third-order valence-corrected chi connectivity index (χ3v) is 2.39. The molecule has 0 bridgehead atoms. The van der Waals surface area contributed by atoms with Crippen molar-refractivity contribution in [3.05, 3.63) is 29.0 Å². The first kappa shape index (κ1) is 13.8. The molecule has 1 amide bonds. The first-order valence-electron chi connectivity index (χ1n) is 5.44. The van der Waals surface area contributed by atoms with E-state index in [0.717, 1.165) is 0 Å². The number of nitrogens with one attached hydrogen (secondary N) is 2. The Bertz CT molecular complexity index is 396. The van der Waals surface area contributed by atoms with Gasteiger partial charge in [0.25, 0.3) is 0 Å². The van der Waals surface area contributed by atoms with Crippen LogP contribution in [0.15, 0.2) is 18.2 Å². The summed E-state index contributed by atoms with van der Waals surface area (Å²) in [5, 5.41) is 5.65. The zero-order valence-electron chi connectivity index (χ0n) is 9.89. The van der Waals surface area contributed by atoms with Crippen LogP contribution in [-0.4, -0.2) is 19.0 Å². The average molecular weight is 259 g/mol. The average Bonchev–Trinajstić information content (AvgIpc) is 2.28. The molecule has 0 saturated carbocycles. The van der Waals surface area contributed by atoms with Gasteiger partial charge in [-0.1, -0.05) is 25.4 Å². The van der Waals surface area contributed by atoms with Gasteiger partial charge >= 0.3 is 0 Å². The maximum absolute atomic E-state index is 13.1. The maximum atomic E-state index is 13.1. The standard InChI is InChI=1S/C12H16ClFN2O/c1-8(2)6-16-12(17)7-15-9-3-4-10(13)11(14)5-9/h3-5,8,15H,6-7H2,1-2H3,(H,16,17). The van der Waals surface area contributed by atoms with Crippen LogP contribution in [0.25, 0.3) is 0 Å². The van der Waals surface area contributed by atoms with Crippen molar-refractivity contribution in [3.8, 4) is 0 Å². The van der Waals surface area contributed by atoms with Crippen LogP contribution in [0.5, 0.6) is 0 Å². The minimum atomic E-state index is -0.501. The second-order valence-corrected chi connectivity index (χ2v) is 4.59. The van der Waals surface area contributed by atoms with E-state index in [2.05, 4.69) is 10.6 Å². The highest BCUT2D eigenvalue weighted by molar-refractivity contribution is 6.30. The lowest BCUT2D eigenvalue weighted by molar-refractivity contribution is -0.119. The zero-order valence-corrected chi connectivity index (χ0v) is 10.6. The van der Waals surface area contributed by atoms with Gasteiger partial charge in [-0.15, -0.1) is 0 Å². The van der Waals surface area contributed by atoms with E-state index in [1.807, 2.05) is 13.8 Å². The summed E-state index contributed by atoms with van der Waals surface area (Å²) in [7, 11) is 0. The molecule has 0 saturated heterocycles. The molecule has 3 nitrogen and oxygen atoms in total. The number of amides is 1. The minimum absolute atomic E-state index is 0.0693. The highest BCUT2D eigenvalue weighted by atomic mass is 35.5. The van der Waals surface area contributed by atoms with Crippen LogP contribution < -0.4 is 10.6 Å². The van der Waals surface area contributed by atoms with Crippen molar-refractivity contribution in [2.75, 3.05) is 18.4 Å². The second kappa shape index (κ2) is 6.45. The van der Waals surface area contributed by atoms with E-state index < -0.39 is 5.82 Å². The fourth-order valence-electron chi connectivity index (χ4n) is 1.17. The van der Waals surface area contributed by atoms with Crippen molar-refractivity contribution < 1.29 is 9.18 Å². The molecule has 0 aliphatic heterocycles. The molecule has 0 atom stereocenters. The van der Waals surface area contributed by atoms with Gasteiger partial charge < -0.3 is 10.6 Å². The zero-order chi connectivity index (χ0) is 12.8. The van der Waals surface area contributed by atoms with Gasteiger partial charge in [0.15, 0.2) is 0 Å². The van der Waals surface area contributed by atoms with Gasteiger partial charge in [-0.2, -0.15) is 0 Å². The van der Waals surface area contributed by atoms with Gasteiger partial charge in [0.2, 0.25) is 5.91 Å². The first-order valence-corrected chi connectivity index (χ1v) is 5.82. The van der Waals surface area contributed by atoms with Crippen molar-refractivity contribution in [2.24, 2.45) is 5.92 Å². The van der Waals surface area contributed by atoms with Crippen molar-refractivity contribution in [1.29, 1.82) is 0 Å². The molecule has 0 radical (unpaired) electrons. The molecule has 94 valence electrons. The molecule has 5 heteroatoms. The summed E-state index contributed by atoms with van der Waals surface area (Å²) in [5.41, 5.74) is 0.534. The molecule has 0 fully saturated rings. The lowest BCUT2D eigenvalue weighted by atomic mass is 10.2. The van der Waals surface area contributed by atoms with Crippen molar-refractivity contribution in [1.82, 2.24) is 5.32 Å². The van der Waals surface area contributed by atoms with Crippen molar-refractivity contribution in [2.45, 2.75) is 13.8 Å². The van der Waals surface area contributed by atoms with E-state index in [-0.39, 0.29) is 17.5 Å². The molecule has 1 rings (SSSR count). The Labute approximate surface area is 105 Å². The number of hydrogen-bond donors (Lipinski definition) is 2. The highest BCUT2D eigenvalue weighted by Crippen LogP contribution is 2.18. The van der Waals surface area contributed by atoms with Crippen LogP contribution in [0.3, 0.4) is 0 Å². The second-order valence-electron chi connectivity index (χ2n) is 4.18. The number of rotatable bonds is 5. The Morgan fingerprint density at radius 3 is 2.76 bits per heavy atom. The summed E-state index contributed by atoms with van der Waals surface area (Å²) in [6, 6.07) is 4.34. The summed E-state index contributed by atoms with van der Waals surface area (Å²) in [6.07, 6.45) is 0. The number of hydrogen-bond acceptors (Lipinski definition) is 2. The smallest absolute Gasteiger partial charge is 0.239 e. The summed E-state index contributed by atoms with van der Waals surface area (Å²) in [6.45, 7) is 4.79. The third kappa shape index (κ3) is 5.04. The van der Waals surface area contributed by atoms with Gasteiger partial charge in [-0.25, -0.2) is 4.39 Å². The Kier molecular flexibility index (Phi) is 5.22. The molecule has 0 spiro atoms. The van der Waals surface area contributed by atoms with Crippen LogP contribution in [0.4, 0.5) is 10.1 Å². The monoisotopic (exact) mass is 258 g/mol. The Hall–Kier alpha value is -1.29. The number of anilines is 1. The normalized spacial score (nSPS) is 10.4. The fourth-order valence-corrected chi connectivity index (χ4v) is 1.29. The topological polar surface area (TPSA) is 41.1 Å². The lowest BCUT2D eigenvalue weighted by Crippen LogP contribution is -2.32. The van der Waals surface area contributed by atoms with Gasteiger partial charge in [0.1, 0.15) is 5.82 Å². The van der Waals surface area contributed by atoms with Gasteiger partial charge in [-0.3, -0.25) is 4.79 Å². The van der Waals surface area contributed by atoms with E-state index in [4.69, 9.17) is 11.6 Å². The van der Waals surface area contributed by atoms with Gasteiger partial charge in [0.05, 0.1) is 11.6 Å². The fraction of sp³-hybridized carbons (Fsp3) is 0.417. The lowest BCUT2D eigenvalue weighted by Gasteiger charge is -2.09. The van der Waals surface area contributed by atoms with Crippen LogP contribution in [0.2, 0.25) is 5.02 Å². The minimum Gasteiger partial charge on any atom is -0.376 e. The van der Waals surface area contributed by atoms with Crippen LogP contribution in [0.1, 0.15) is 13.8 Å². The Morgan fingerprint density at radius 2 is 2.18 bits per heavy atom. The maximum Gasteiger partial charge on any atom is 0.239 e. The number of halogens is 2. The molecule has 0 aromatic heterocycles. The van der Waals surface area contributed by atoms with Gasteiger partial charge in [-0.05, 0) is 24.1 Å². The van der Waals surface area contributed by atoms with E-state index in [1.54, 1.807) is 6.07 Å². The summed E-state index contributed by atoms with van der Waals surface area (Å²) in [4.78, 5) is 11.4. The summed E-state index contributed by atoms with van der Waals surface area (Å²) < 4.78 is 13.1. The predicted molar refractivity (Wildman–Crippen MR) is 67.7 cm³/mol. The van der Waals surface area contributed by atoms with E-state index in [1.165, 1.54) is 12.1 Å². The molecule has 1 aromatic rings. The molecule has 1 aromatic carbocycles. The molecule has 2 N–H and O–H groups in total. The summed E-state index contributed by atoms with van der Waals surface area (Å²) in [5.74, 6) is -0.208. The van der Waals surface area contributed by atoms with Crippen LogP contribution in [-0.2, 0) is 4.79 Å². The Balaban J connectivity index is 2.39. The largest absolute Gasteiger partial charge is 0.376 e. The molecule has 0 aliphatic rings. The van der Waals surface area contributed by atoms with Crippen LogP contribution in [0, 0.1) is 11.7 Å². The molecule has 17 heavy (non-hydrogen) atoms. The molecule has 0 aliphatic carbocycles. The number of carbonyl (C=O) groups is 1. The van der Waals surface area contributed by atoms with E-state index >= 15 is 0 Å². The first-order chi connectivity index (χ1) is 7.99. The number of benzene rings is 1. The van der Waals surface area contributed by atoms with Crippen molar-refractivity contribution in [3.63, 3.8) is 0 Å². The molecule has 0 heterocycles. The molecular formula is C12H16ClFN2O. The SMILES string of the molecule is CC(C)CNC(=O)CNc1ccc(Cl)c(F)c1. The number of carbonyl (C=O) groups excluding carboxylic acids is 1. The Morgan fingerprint density at radius 1 is 1.47 bits per heavy atom. The quantitative estimate of drug-likeness (QED) is 0.853. The van der Waals surface area contributed by atoms with Gasteiger partial charge in [0, 0.05) is 12.2 Å². The van der Waals surface area contributed by atoms with E-state index in [9.17, 15) is 9.18 Å². The van der Waals surface area contributed by atoms with Crippen LogP contribution >= 0.6 is 11.6 Å². The van der Waals surface area contributed by atoms with E-state index in [0.29, 0.717) is 18.2 Å². The molecular weight excluding hydrogens is 243 g/mol. The highest BCUT2D eigenvalue weighted by Gasteiger charge is 2.04. The van der Waals surface area contributed by atoms with Crippen molar-refractivity contribution >= 4 is 23.2 Å². The predicted octanol–water partition coefficient (Wildman–Crippen LogP) is 2.66. The molecule has 0 unspecified atom stereocenters.